The third-order valence-electron chi connectivity index (χ3n) is 3.63. The number of hydrogen-bond donors (Lipinski definition) is 1. The molecule has 5 nitrogen and oxygen atoms in total. The van der Waals surface area contributed by atoms with Gasteiger partial charge in [-0.15, -0.1) is 0 Å². The van der Waals surface area contributed by atoms with E-state index in [9.17, 15) is 4.79 Å². The Morgan fingerprint density at radius 2 is 2.00 bits per heavy atom. The summed E-state index contributed by atoms with van der Waals surface area (Å²) in [5, 5.41) is 3.05. The molecule has 0 saturated carbocycles. The van der Waals surface area contributed by atoms with Crippen molar-refractivity contribution in [2.24, 2.45) is 11.8 Å². The van der Waals surface area contributed by atoms with Gasteiger partial charge in [-0.25, -0.2) is 9.97 Å². The lowest BCUT2D eigenvalue weighted by atomic mass is 9.97. The lowest BCUT2D eigenvalue weighted by Crippen LogP contribution is -2.39. The average Bonchev–Trinajstić information content (AvgIpc) is 2.46. The molecule has 20 heavy (non-hydrogen) atoms. The van der Waals surface area contributed by atoms with Crippen molar-refractivity contribution in [3.8, 4) is 0 Å². The number of carbonyl (C=O) groups is 1. The maximum absolute atomic E-state index is 11.6. The van der Waals surface area contributed by atoms with Crippen LogP contribution in [0.15, 0.2) is 18.5 Å². The third-order valence-corrected chi connectivity index (χ3v) is 3.63. The number of rotatable bonds is 5. The predicted molar refractivity (Wildman–Crippen MR) is 79.4 cm³/mol. The molecule has 1 aromatic rings. The van der Waals surface area contributed by atoms with Gasteiger partial charge in [0, 0.05) is 38.4 Å². The van der Waals surface area contributed by atoms with Crippen LogP contribution >= 0.6 is 0 Å². The van der Waals surface area contributed by atoms with Crippen LogP contribution in [0.5, 0.6) is 0 Å². The standard InChI is InChI=1S/C15H24N4O/c1-12(2)10-14(20)18-11-13-4-8-19(9-5-13)15-16-6-3-7-17-15/h3,6-7,12-13H,4-5,8-11H2,1-2H3,(H,18,20). The van der Waals surface area contributed by atoms with Gasteiger partial charge >= 0.3 is 0 Å². The van der Waals surface area contributed by atoms with Gasteiger partial charge in [-0.05, 0) is 30.7 Å². The molecule has 1 aliphatic rings. The zero-order valence-corrected chi connectivity index (χ0v) is 12.4. The highest BCUT2D eigenvalue weighted by Gasteiger charge is 2.21. The Kier molecular flexibility index (Phi) is 5.32. The molecule has 1 fully saturated rings. The maximum Gasteiger partial charge on any atom is 0.225 e. The van der Waals surface area contributed by atoms with Crippen molar-refractivity contribution in [3.63, 3.8) is 0 Å². The Hall–Kier alpha value is -1.65. The molecule has 1 aliphatic heterocycles. The molecule has 1 amide bonds. The Morgan fingerprint density at radius 3 is 2.60 bits per heavy atom. The molecular weight excluding hydrogens is 252 g/mol. The number of amides is 1. The minimum Gasteiger partial charge on any atom is -0.356 e. The van der Waals surface area contributed by atoms with Crippen molar-refractivity contribution in [2.75, 3.05) is 24.5 Å². The van der Waals surface area contributed by atoms with E-state index in [1.165, 1.54) is 0 Å². The van der Waals surface area contributed by atoms with Crippen LogP contribution in [-0.4, -0.2) is 35.5 Å². The third kappa shape index (κ3) is 4.47. The smallest absolute Gasteiger partial charge is 0.225 e. The first-order chi connectivity index (χ1) is 9.65. The molecular formula is C15H24N4O. The van der Waals surface area contributed by atoms with E-state index in [4.69, 9.17) is 0 Å². The SMILES string of the molecule is CC(C)CC(=O)NCC1CCN(c2ncccn2)CC1. The van der Waals surface area contributed by atoms with Crippen molar-refractivity contribution in [1.82, 2.24) is 15.3 Å². The number of nitrogens with zero attached hydrogens (tertiary/aromatic N) is 3. The normalized spacial score (nSPS) is 16.4. The van der Waals surface area contributed by atoms with Gasteiger partial charge in [-0.2, -0.15) is 0 Å². The molecule has 5 heteroatoms. The van der Waals surface area contributed by atoms with Gasteiger partial charge in [-0.1, -0.05) is 13.8 Å². The molecule has 1 aromatic heterocycles. The number of hydrogen-bond acceptors (Lipinski definition) is 4. The van der Waals surface area contributed by atoms with Crippen LogP contribution in [0.2, 0.25) is 0 Å². The Morgan fingerprint density at radius 1 is 1.35 bits per heavy atom. The number of piperidine rings is 1. The second-order valence-electron chi connectivity index (χ2n) is 5.88. The molecule has 0 bridgehead atoms. The van der Waals surface area contributed by atoms with Crippen LogP contribution in [0, 0.1) is 11.8 Å². The highest BCUT2D eigenvalue weighted by atomic mass is 16.1. The number of nitrogens with one attached hydrogen (secondary N) is 1. The first-order valence-corrected chi connectivity index (χ1v) is 7.44. The zero-order valence-electron chi connectivity index (χ0n) is 12.4. The summed E-state index contributed by atoms with van der Waals surface area (Å²) in [5.41, 5.74) is 0. The summed E-state index contributed by atoms with van der Waals surface area (Å²) >= 11 is 0. The Labute approximate surface area is 120 Å². The van der Waals surface area contributed by atoms with Crippen molar-refractivity contribution < 1.29 is 4.79 Å². The van der Waals surface area contributed by atoms with Gasteiger partial charge in [0.1, 0.15) is 0 Å². The van der Waals surface area contributed by atoms with Crippen LogP contribution in [0.1, 0.15) is 33.1 Å². The molecule has 0 atom stereocenters. The predicted octanol–water partition coefficient (Wildman–Crippen LogP) is 1.86. The van der Waals surface area contributed by atoms with E-state index in [1.54, 1.807) is 12.4 Å². The molecule has 110 valence electrons. The fourth-order valence-electron chi connectivity index (χ4n) is 2.49. The molecule has 1 N–H and O–H groups in total. The van der Waals surface area contributed by atoms with Gasteiger partial charge in [0.15, 0.2) is 0 Å². The van der Waals surface area contributed by atoms with Crippen LogP contribution in [0.25, 0.3) is 0 Å². The summed E-state index contributed by atoms with van der Waals surface area (Å²) in [6.07, 6.45) is 6.35. The van der Waals surface area contributed by atoms with Crippen molar-refractivity contribution in [1.29, 1.82) is 0 Å². The van der Waals surface area contributed by atoms with E-state index in [0.717, 1.165) is 38.4 Å². The average molecular weight is 276 g/mol. The van der Waals surface area contributed by atoms with E-state index in [2.05, 4.69) is 34.0 Å². The highest BCUT2D eigenvalue weighted by molar-refractivity contribution is 5.76. The van der Waals surface area contributed by atoms with Crippen molar-refractivity contribution in [2.45, 2.75) is 33.1 Å². The maximum atomic E-state index is 11.6. The van der Waals surface area contributed by atoms with Gasteiger partial charge in [-0.3, -0.25) is 4.79 Å². The first kappa shape index (κ1) is 14.8. The van der Waals surface area contributed by atoms with Crippen LogP contribution < -0.4 is 10.2 Å². The molecule has 0 aromatic carbocycles. The monoisotopic (exact) mass is 276 g/mol. The summed E-state index contributed by atoms with van der Waals surface area (Å²) in [5.74, 6) is 1.99. The molecule has 0 unspecified atom stereocenters. The van der Waals surface area contributed by atoms with Crippen molar-refractivity contribution >= 4 is 11.9 Å². The van der Waals surface area contributed by atoms with E-state index in [0.29, 0.717) is 18.3 Å². The molecule has 2 rings (SSSR count). The molecule has 2 heterocycles. The van der Waals surface area contributed by atoms with Gasteiger partial charge in [0.2, 0.25) is 11.9 Å². The highest BCUT2D eigenvalue weighted by Crippen LogP contribution is 2.19. The quantitative estimate of drug-likeness (QED) is 0.891. The van der Waals surface area contributed by atoms with Crippen LogP contribution in [-0.2, 0) is 4.79 Å². The number of aromatic nitrogens is 2. The summed E-state index contributed by atoms with van der Waals surface area (Å²) in [4.78, 5) is 22.4. The lowest BCUT2D eigenvalue weighted by molar-refractivity contribution is -0.122. The van der Waals surface area contributed by atoms with Crippen LogP contribution in [0.4, 0.5) is 5.95 Å². The van der Waals surface area contributed by atoms with Gasteiger partial charge in [0.05, 0.1) is 0 Å². The summed E-state index contributed by atoms with van der Waals surface area (Å²) < 4.78 is 0. The minimum atomic E-state index is 0.175. The number of carbonyl (C=O) groups excluding carboxylic acids is 1. The van der Waals surface area contributed by atoms with E-state index in [-0.39, 0.29) is 5.91 Å². The fraction of sp³-hybridized carbons (Fsp3) is 0.667. The van der Waals surface area contributed by atoms with Gasteiger partial charge < -0.3 is 10.2 Å². The molecule has 0 radical (unpaired) electrons. The van der Waals surface area contributed by atoms with Crippen LogP contribution in [0.3, 0.4) is 0 Å². The Bertz CT molecular complexity index is 413. The van der Waals surface area contributed by atoms with E-state index < -0.39 is 0 Å². The van der Waals surface area contributed by atoms with Gasteiger partial charge in [0.25, 0.3) is 0 Å². The summed E-state index contributed by atoms with van der Waals surface area (Å²) in [7, 11) is 0. The summed E-state index contributed by atoms with van der Waals surface area (Å²) in [6, 6.07) is 1.83. The second kappa shape index (κ2) is 7.22. The molecule has 0 spiro atoms. The molecule has 0 aliphatic carbocycles. The minimum absolute atomic E-state index is 0.175. The van der Waals surface area contributed by atoms with E-state index >= 15 is 0 Å². The van der Waals surface area contributed by atoms with Crippen molar-refractivity contribution in [3.05, 3.63) is 18.5 Å². The first-order valence-electron chi connectivity index (χ1n) is 7.44. The number of anilines is 1. The topological polar surface area (TPSA) is 58.1 Å². The largest absolute Gasteiger partial charge is 0.356 e. The second-order valence-corrected chi connectivity index (χ2v) is 5.88. The Balaban J connectivity index is 1.71. The summed E-state index contributed by atoms with van der Waals surface area (Å²) in [6.45, 7) is 6.87. The van der Waals surface area contributed by atoms with E-state index in [1.807, 2.05) is 6.07 Å². The zero-order chi connectivity index (χ0) is 14.4. The fourth-order valence-corrected chi connectivity index (χ4v) is 2.49. The lowest BCUT2D eigenvalue weighted by Gasteiger charge is -2.32. The molecule has 1 saturated heterocycles.